The van der Waals surface area contributed by atoms with Crippen LogP contribution in [0.5, 0.6) is 5.75 Å². The Hall–Kier alpha value is -4.21. The van der Waals surface area contributed by atoms with Crippen molar-refractivity contribution < 1.29 is 42.9 Å². The Morgan fingerprint density at radius 1 is 1.09 bits per heavy atom. The lowest BCUT2D eigenvalue weighted by Gasteiger charge is -2.27. The number of ether oxygens (including phenoxy) is 4. The second-order valence-corrected chi connectivity index (χ2v) is 10.7. The van der Waals surface area contributed by atoms with Gasteiger partial charge in [-0.05, 0) is 39.3 Å². The third-order valence-electron chi connectivity index (χ3n) is 6.37. The van der Waals surface area contributed by atoms with Gasteiger partial charge in [-0.15, -0.1) is 0 Å². The highest BCUT2D eigenvalue weighted by Gasteiger charge is 2.46. The first-order valence-corrected chi connectivity index (χ1v) is 14.0. The van der Waals surface area contributed by atoms with Crippen LogP contribution in [0, 0.1) is 0 Å². The molecule has 0 radical (unpaired) electrons. The van der Waals surface area contributed by atoms with Crippen LogP contribution < -0.4 is 26.9 Å². The highest BCUT2D eigenvalue weighted by Crippen LogP contribution is 2.33. The van der Waals surface area contributed by atoms with Gasteiger partial charge in [0.1, 0.15) is 17.4 Å². The van der Waals surface area contributed by atoms with Crippen molar-refractivity contribution >= 4 is 29.7 Å². The Morgan fingerprint density at radius 2 is 1.81 bits per heavy atom. The first-order chi connectivity index (χ1) is 20.4. The largest absolute Gasteiger partial charge is 0.492 e. The molecule has 0 spiro atoms. The van der Waals surface area contributed by atoms with Crippen molar-refractivity contribution in [1.29, 1.82) is 0 Å². The van der Waals surface area contributed by atoms with Gasteiger partial charge < -0.3 is 35.0 Å². The quantitative estimate of drug-likeness (QED) is 0.0929. The lowest BCUT2D eigenvalue weighted by molar-refractivity contribution is -0.136. The summed E-state index contributed by atoms with van der Waals surface area (Å²) < 4.78 is 21.9. The Morgan fingerprint density at radius 3 is 2.49 bits per heavy atom. The molecule has 2 aliphatic heterocycles. The number of fused-ring (bicyclic) bond motifs is 1. The molecule has 43 heavy (non-hydrogen) atoms. The summed E-state index contributed by atoms with van der Waals surface area (Å²) in [6.45, 7) is 7.36. The van der Waals surface area contributed by atoms with Gasteiger partial charge >= 0.3 is 6.09 Å². The molecule has 6 N–H and O–H groups in total. The predicted octanol–water partition coefficient (Wildman–Crippen LogP) is 0.390. The Bertz CT molecular complexity index is 1230. The van der Waals surface area contributed by atoms with Gasteiger partial charge in [-0.2, -0.15) is 0 Å². The van der Waals surface area contributed by atoms with Crippen molar-refractivity contribution in [1.82, 2.24) is 20.5 Å². The van der Waals surface area contributed by atoms with Gasteiger partial charge in [0.2, 0.25) is 11.8 Å². The van der Waals surface area contributed by atoms with Crippen molar-refractivity contribution in [2.45, 2.75) is 51.7 Å². The molecule has 1 unspecified atom stereocenters. The van der Waals surface area contributed by atoms with Crippen molar-refractivity contribution in [3.05, 3.63) is 41.2 Å². The molecular formula is C28H40N6O9. The molecule has 15 nitrogen and oxygen atoms in total. The zero-order valence-corrected chi connectivity index (χ0v) is 24.7. The van der Waals surface area contributed by atoms with E-state index in [1.165, 1.54) is 17.3 Å². The number of piperidine rings is 1. The van der Waals surface area contributed by atoms with Crippen molar-refractivity contribution in [2.75, 3.05) is 46.1 Å². The Balaban J connectivity index is 1.37. The summed E-state index contributed by atoms with van der Waals surface area (Å²) in [7, 11) is 0. The number of hydrogen-bond donors (Lipinski definition) is 4. The molecule has 1 saturated heterocycles. The second-order valence-electron chi connectivity index (χ2n) is 10.7. The molecule has 5 amide bonds. The molecule has 2 heterocycles. The Labute approximate surface area is 249 Å². The number of carbonyl (C=O) groups excluding carboxylic acids is 5. The van der Waals surface area contributed by atoms with Gasteiger partial charge in [0.05, 0.1) is 50.7 Å². The van der Waals surface area contributed by atoms with Gasteiger partial charge in [-0.1, -0.05) is 6.07 Å². The number of nitrogens with one attached hydrogen (secondary N) is 2. The van der Waals surface area contributed by atoms with Crippen LogP contribution in [0.3, 0.4) is 0 Å². The number of hydrogen-bond acceptors (Lipinski definition) is 12. The van der Waals surface area contributed by atoms with Gasteiger partial charge in [0.15, 0.2) is 0 Å². The van der Waals surface area contributed by atoms with Crippen LogP contribution in [-0.4, -0.2) is 97.4 Å². The van der Waals surface area contributed by atoms with E-state index >= 15 is 0 Å². The Kier molecular flexibility index (Phi) is 11.9. The monoisotopic (exact) mass is 604 g/mol. The molecule has 0 saturated carbocycles. The number of rotatable bonds is 15. The van der Waals surface area contributed by atoms with Crippen LogP contribution in [-0.2, 0) is 23.8 Å². The van der Waals surface area contributed by atoms with E-state index in [0.29, 0.717) is 51.6 Å². The van der Waals surface area contributed by atoms with E-state index in [9.17, 15) is 24.0 Å². The van der Waals surface area contributed by atoms with Crippen LogP contribution in [0.2, 0.25) is 0 Å². The lowest BCUT2D eigenvalue weighted by atomic mass is 10.0. The summed E-state index contributed by atoms with van der Waals surface area (Å²) in [5.41, 5.74) is 5.95. The molecule has 236 valence electrons. The fourth-order valence-electron chi connectivity index (χ4n) is 4.36. The summed E-state index contributed by atoms with van der Waals surface area (Å²) in [5.74, 6) is 3.91. The third kappa shape index (κ3) is 9.39. The molecule has 1 atom stereocenters. The minimum Gasteiger partial charge on any atom is -0.492 e. The molecule has 3 rings (SSSR count). The van der Waals surface area contributed by atoms with Crippen LogP contribution in [0.15, 0.2) is 30.1 Å². The van der Waals surface area contributed by atoms with Crippen molar-refractivity contribution in [3.8, 4) is 5.75 Å². The lowest BCUT2D eigenvalue weighted by Crippen LogP contribution is -2.54. The number of hydrazine groups is 1. The van der Waals surface area contributed by atoms with Gasteiger partial charge in [0.25, 0.3) is 11.8 Å². The van der Waals surface area contributed by atoms with Crippen LogP contribution in [0.1, 0.15) is 60.7 Å². The minimum atomic E-state index is -1.06. The summed E-state index contributed by atoms with van der Waals surface area (Å²) in [4.78, 5) is 62.4. The fraction of sp³-hybridized carbons (Fsp3) is 0.536. The van der Waals surface area contributed by atoms with E-state index in [-0.39, 0.29) is 36.3 Å². The van der Waals surface area contributed by atoms with E-state index in [4.69, 9.17) is 30.5 Å². The molecule has 1 aromatic rings. The van der Waals surface area contributed by atoms with Gasteiger partial charge in [0, 0.05) is 31.3 Å². The SMILES string of the molecule is CC(C)(C)OC(=O)NCCOCCOCCN(N)/C(=C\N)CCOc1cccc2c1C(=O)N(C1CCC(=O)NC1=O)C2=O. The highest BCUT2D eigenvalue weighted by atomic mass is 16.6. The standard InChI is InChI=1S/C28H40N6O9/c1-28(2,3)43-27(39)31-10-13-40-15-16-41-14-11-33(30)18(17-29)9-12-42-21-6-4-5-19-23(21)26(38)34(25(19)37)20-7-8-22(35)32-24(20)36/h4-6,17,20H,7-16,29-30H2,1-3H3,(H,31,39)(H,32,35,36)/b18-17-. The molecule has 2 aliphatic rings. The maximum atomic E-state index is 13.2. The van der Waals surface area contributed by atoms with E-state index in [2.05, 4.69) is 10.6 Å². The summed E-state index contributed by atoms with van der Waals surface area (Å²) in [5, 5.41) is 6.19. The molecule has 0 aliphatic carbocycles. The fourth-order valence-corrected chi connectivity index (χ4v) is 4.36. The molecule has 1 aromatic carbocycles. The average Bonchev–Trinajstić information content (AvgIpc) is 3.19. The maximum absolute atomic E-state index is 13.2. The normalized spacial score (nSPS) is 17.1. The number of alkyl carbamates (subject to hydrolysis) is 1. The molecule has 0 bridgehead atoms. The maximum Gasteiger partial charge on any atom is 0.407 e. The molecular weight excluding hydrogens is 564 g/mol. The smallest absolute Gasteiger partial charge is 0.407 e. The zero-order chi connectivity index (χ0) is 31.6. The summed E-state index contributed by atoms with van der Waals surface area (Å²) >= 11 is 0. The summed E-state index contributed by atoms with van der Waals surface area (Å²) in [6, 6.07) is 3.58. The second kappa shape index (κ2) is 15.3. The number of imide groups is 2. The zero-order valence-electron chi connectivity index (χ0n) is 24.7. The first kappa shape index (κ1) is 33.3. The van der Waals surface area contributed by atoms with Gasteiger partial charge in [-0.25, -0.2) is 10.6 Å². The van der Waals surface area contributed by atoms with E-state index < -0.39 is 41.4 Å². The molecule has 1 fully saturated rings. The van der Waals surface area contributed by atoms with Crippen molar-refractivity contribution in [3.63, 3.8) is 0 Å². The third-order valence-corrected chi connectivity index (χ3v) is 6.37. The number of nitrogens with two attached hydrogens (primary N) is 2. The predicted molar refractivity (Wildman–Crippen MR) is 152 cm³/mol. The number of amides is 5. The number of carbonyl (C=O) groups is 5. The van der Waals surface area contributed by atoms with Crippen LogP contribution in [0.4, 0.5) is 4.79 Å². The van der Waals surface area contributed by atoms with E-state index in [1.54, 1.807) is 32.9 Å². The van der Waals surface area contributed by atoms with Crippen molar-refractivity contribution in [2.24, 2.45) is 11.6 Å². The average molecular weight is 605 g/mol. The topological polar surface area (TPSA) is 205 Å². The summed E-state index contributed by atoms with van der Waals surface area (Å²) in [6.07, 6.45) is 1.23. The van der Waals surface area contributed by atoms with E-state index in [1.807, 2.05) is 0 Å². The van der Waals surface area contributed by atoms with Gasteiger partial charge in [-0.3, -0.25) is 29.4 Å². The highest BCUT2D eigenvalue weighted by molar-refractivity contribution is 6.24. The van der Waals surface area contributed by atoms with Crippen LogP contribution in [0.25, 0.3) is 0 Å². The first-order valence-electron chi connectivity index (χ1n) is 14.0. The number of benzene rings is 1. The minimum absolute atomic E-state index is 0.0326. The van der Waals surface area contributed by atoms with Crippen LogP contribution >= 0.6 is 0 Å². The molecule has 15 heteroatoms. The number of nitrogens with zero attached hydrogens (tertiary/aromatic N) is 2. The van der Waals surface area contributed by atoms with E-state index in [0.717, 1.165) is 4.90 Å². The molecule has 0 aromatic heterocycles.